The molecule has 0 bridgehead atoms. The van der Waals surface area contributed by atoms with E-state index in [2.05, 4.69) is 17.1 Å². The van der Waals surface area contributed by atoms with Crippen LogP contribution in [-0.2, 0) is 5.41 Å². The average Bonchev–Trinajstić information content (AvgIpc) is 3.34. The number of hydrogen-bond acceptors (Lipinski definition) is 3. The molecule has 3 N–H and O–H groups in total. The standard InChI is InChI=1S/C18H22N2O/c19-17-5-1-3-15(11-17)18(13-21,9-8-14-6-7-14)16-4-2-10-20-12-16/h1-5,10-12,14,21H,6-9,13,19H2. The Labute approximate surface area is 125 Å². The fourth-order valence-electron chi connectivity index (χ4n) is 3.06. The zero-order valence-corrected chi connectivity index (χ0v) is 12.2. The molecule has 3 rings (SSSR count). The molecule has 0 amide bonds. The quantitative estimate of drug-likeness (QED) is 0.800. The number of nitrogen functional groups attached to an aromatic ring is 1. The van der Waals surface area contributed by atoms with Gasteiger partial charge in [-0.2, -0.15) is 0 Å². The zero-order valence-electron chi connectivity index (χ0n) is 12.2. The normalized spacial score (nSPS) is 17.4. The Morgan fingerprint density at radius 1 is 1.19 bits per heavy atom. The number of anilines is 1. The number of hydrogen-bond donors (Lipinski definition) is 2. The summed E-state index contributed by atoms with van der Waals surface area (Å²) in [6, 6.07) is 11.9. The van der Waals surface area contributed by atoms with Crippen molar-refractivity contribution in [3.05, 3.63) is 59.9 Å². The molecule has 0 spiro atoms. The van der Waals surface area contributed by atoms with Crippen molar-refractivity contribution in [1.29, 1.82) is 0 Å². The van der Waals surface area contributed by atoms with Crippen LogP contribution in [-0.4, -0.2) is 16.7 Å². The lowest BCUT2D eigenvalue weighted by Crippen LogP contribution is -2.32. The summed E-state index contributed by atoms with van der Waals surface area (Å²) >= 11 is 0. The molecule has 3 nitrogen and oxygen atoms in total. The molecule has 1 heterocycles. The molecule has 1 aliphatic rings. The monoisotopic (exact) mass is 282 g/mol. The van der Waals surface area contributed by atoms with Crippen molar-refractivity contribution in [2.24, 2.45) is 5.92 Å². The minimum absolute atomic E-state index is 0.0782. The molecular formula is C18H22N2O. The van der Waals surface area contributed by atoms with Crippen LogP contribution in [0.1, 0.15) is 36.8 Å². The van der Waals surface area contributed by atoms with Crippen LogP contribution in [0.2, 0.25) is 0 Å². The molecule has 0 radical (unpaired) electrons. The van der Waals surface area contributed by atoms with Crippen LogP contribution >= 0.6 is 0 Å². The number of pyridine rings is 1. The third-order valence-electron chi connectivity index (χ3n) is 4.60. The fourth-order valence-corrected chi connectivity index (χ4v) is 3.06. The highest BCUT2D eigenvalue weighted by Gasteiger charge is 2.36. The van der Waals surface area contributed by atoms with Gasteiger partial charge in [-0.25, -0.2) is 0 Å². The Hall–Kier alpha value is -1.87. The molecule has 0 saturated heterocycles. The summed E-state index contributed by atoms with van der Waals surface area (Å²) in [5, 5.41) is 10.2. The molecule has 1 aliphatic carbocycles. The molecule has 0 aliphatic heterocycles. The van der Waals surface area contributed by atoms with E-state index in [1.54, 1.807) is 6.20 Å². The first-order valence-electron chi connectivity index (χ1n) is 7.62. The smallest absolute Gasteiger partial charge is 0.0569 e. The molecule has 21 heavy (non-hydrogen) atoms. The molecule has 1 unspecified atom stereocenters. The van der Waals surface area contributed by atoms with Crippen LogP contribution in [0, 0.1) is 5.92 Å². The first-order valence-corrected chi connectivity index (χ1v) is 7.62. The molecule has 1 aromatic heterocycles. The van der Waals surface area contributed by atoms with E-state index in [-0.39, 0.29) is 6.61 Å². The van der Waals surface area contributed by atoms with E-state index in [0.29, 0.717) is 0 Å². The van der Waals surface area contributed by atoms with Crippen molar-refractivity contribution in [3.8, 4) is 0 Å². The minimum Gasteiger partial charge on any atom is -0.399 e. The van der Waals surface area contributed by atoms with Gasteiger partial charge in [0.1, 0.15) is 0 Å². The van der Waals surface area contributed by atoms with Crippen molar-refractivity contribution in [1.82, 2.24) is 4.98 Å². The first-order chi connectivity index (χ1) is 10.2. The third-order valence-corrected chi connectivity index (χ3v) is 4.60. The summed E-state index contributed by atoms with van der Waals surface area (Å²) < 4.78 is 0. The summed E-state index contributed by atoms with van der Waals surface area (Å²) in [4.78, 5) is 4.25. The number of rotatable bonds is 6. The lowest BCUT2D eigenvalue weighted by Gasteiger charge is -2.33. The maximum Gasteiger partial charge on any atom is 0.0569 e. The van der Waals surface area contributed by atoms with Gasteiger partial charge in [-0.05, 0) is 48.1 Å². The van der Waals surface area contributed by atoms with E-state index in [0.717, 1.165) is 35.6 Å². The van der Waals surface area contributed by atoms with Crippen LogP contribution in [0.4, 0.5) is 5.69 Å². The predicted octanol–water partition coefficient (Wildman–Crippen LogP) is 3.13. The molecule has 3 heteroatoms. The van der Waals surface area contributed by atoms with Crippen LogP contribution in [0.3, 0.4) is 0 Å². The molecule has 1 saturated carbocycles. The van der Waals surface area contributed by atoms with E-state index < -0.39 is 5.41 Å². The largest absolute Gasteiger partial charge is 0.399 e. The number of nitrogens with zero attached hydrogens (tertiary/aromatic N) is 1. The Balaban J connectivity index is 2.03. The van der Waals surface area contributed by atoms with E-state index in [1.807, 2.05) is 30.5 Å². The SMILES string of the molecule is Nc1cccc(C(CO)(CCC2CC2)c2cccnc2)c1. The van der Waals surface area contributed by atoms with E-state index in [4.69, 9.17) is 5.73 Å². The zero-order chi connectivity index (χ0) is 14.7. The Morgan fingerprint density at radius 2 is 2.00 bits per heavy atom. The Bertz CT molecular complexity index is 595. The molecule has 110 valence electrons. The topological polar surface area (TPSA) is 59.1 Å². The van der Waals surface area contributed by atoms with Gasteiger partial charge in [-0.3, -0.25) is 4.98 Å². The van der Waals surface area contributed by atoms with Crippen molar-refractivity contribution < 1.29 is 5.11 Å². The average molecular weight is 282 g/mol. The van der Waals surface area contributed by atoms with E-state index in [9.17, 15) is 5.11 Å². The number of aliphatic hydroxyl groups is 1. The highest BCUT2D eigenvalue weighted by atomic mass is 16.3. The van der Waals surface area contributed by atoms with E-state index >= 15 is 0 Å². The van der Waals surface area contributed by atoms with Crippen LogP contribution in [0.15, 0.2) is 48.8 Å². The summed E-state index contributed by atoms with van der Waals surface area (Å²) in [7, 11) is 0. The van der Waals surface area contributed by atoms with Crippen LogP contribution in [0.5, 0.6) is 0 Å². The van der Waals surface area contributed by atoms with Gasteiger partial charge in [0.05, 0.1) is 6.61 Å². The second-order valence-corrected chi connectivity index (χ2v) is 6.09. The highest BCUT2D eigenvalue weighted by molar-refractivity contribution is 5.47. The molecule has 2 aromatic rings. The summed E-state index contributed by atoms with van der Waals surface area (Å²) in [5.41, 5.74) is 8.45. The third kappa shape index (κ3) is 2.93. The highest BCUT2D eigenvalue weighted by Crippen LogP contribution is 2.42. The minimum atomic E-state index is -0.397. The van der Waals surface area contributed by atoms with Gasteiger partial charge in [0.25, 0.3) is 0 Å². The van der Waals surface area contributed by atoms with Gasteiger partial charge in [0.2, 0.25) is 0 Å². The Morgan fingerprint density at radius 3 is 2.62 bits per heavy atom. The van der Waals surface area contributed by atoms with Crippen molar-refractivity contribution in [3.63, 3.8) is 0 Å². The van der Waals surface area contributed by atoms with Gasteiger partial charge in [0, 0.05) is 23.5 Å². The summed E-state index contributed by atoms with van der Waals surface area (Å²) in [6.07, 6.45) is 8.36. The first kappa shape index (κ1) is 14.1. The second kappa shape index (κ2) is 5.86. The van der Waals surface area contributed by atoms with Gasteiger partial charge in [-0.1, -0.05) is 31.0 Å². The van der Waals surface area contributed by atoms with E-state index in [1.165, 1.54) is 12.8 Å². The van der Waals surface area contributed by atoms with Crippen molar-refractivity contribution >= 4 is 5.69 Å². The van der Waals surface area contributed by atoms with Crippen molar-refractivity contribution in [2.75, 3.05) is 12.3 Å². The summed E-state index contributed by atoms with van der Waals surface area (Å²) in [6.45, 7) is 0.0782. The van der Waals surface area contributed by atoms with Gasteiger partial charge < -0.3 is 10.8 Å². The maximum absolute atomic E-state index is 10.2. The molecular weight excluding hydrogens is 260 g/mol. The molecule has 1 fully saturated rings. The lowest BCUT2D eigenvalue weighted by atomic mass is 9.72. The maximum atomic E-state index is 10.2. The molecule has 1 aromatic carbocycles. The lowest BCUT2D eigenvalue weighted by molar-refractivity contribution is 0.207. The van der Waals surface area contributed by atoms with Crippen LogP contribution < -0.4 is 5.73 Å². The molecule has 1 atom stereocenters. The second-order valence-electron chi connectivity index (χ2n) is 6.09. The number of nitrogens with two attached hydrogens (primary N) is 1. The van der Waals surface area contributed by atoms with Crippen molar-refractivity contribution in [2.45, 2.75) is 31.1 Å². The number of aliphatic hydroxyl groups excluding tert-OH is 1. The van der Waals surface area contributed by atoms with Gasteiger partial charge >= 0.3 is 0 Å². The van der Waals surface area contributed by atoms with Gasteiger partial charge in [0.15, 0.2) is 0 Å². The Kier molecular flexibility index (Phi) is 3.93. The fraction of sp³-hybridized carbons (Fsp3) is 0.389. The summed E-state index contributed by atoms with van der Waals surface area (Å²) in [5.74, 6) is 0.827. The van der Waals surface area contributed by atoms with Crippen LogP contribution in [0.25, 0.3) is 0 Å². The number of aromatic nitrogens is 1. The number of benzene rings is 1. The predicted molar refractivity (Wildman–Crippen MR) is 84.9 cm³/mol. The van der Waals surface area contributed by atoms with Gasteiger partial charge in [-0.15, -0.1) is 0 Å².